The summed E-state index contributed by atoms with van der Waals surface area (Å²) in [7, 11) is 0. The molecule has 3 aromatic rings. The second-order valence-electron chi connectivity index (χ2n) is 3.84. The monoisotopic (exact) mass is 242 g/mol. The number of hydrogen-bond acceptors (Lipinski definition) is 3. The number of aromatic nitrogens is 4. The highest BCUT2D eigenvalue weighted by Crippen LogP contribution is 2.17. The highest BCUT2D eigenvalue weighted by Gasteiger charge is 2.04. The van der Waals surface area contributed by atoms with E-state index >= 15 is 0 Å². The maximum absolute atomic E-state index is 5.28. The topological polar surface area (TPSA) is 46.0 Å². The van der Waals surface area contributed by atoms with E-state index in [0.717, 1.165) is 27.2 Å². The molecule has 3 heterocycles. The van der Waals surface area contributed by atoms with Crippen molar-refractivity contribution in [2.75, 3.05) is 0 Å². The fourth-order valence-corrected chi connectivity index (χ4v) is 2.09. The third-order valence-electron chi connectivity index (χ3n) is 2.55. The summed E-state index contributed by atoms with van der Waals surface area (Å²) in [6.07, 6.45) is 3.56. The lowest BCUT2D eigenvalue weighted by Gasteiger charge is -1.96. The first-order chi connectivity index (χ1) is 8.24. The number of fused-ring (bicyclic) bond motifs is 1. The van der Waals surface area contributed by atoms with Gasteiger partial charge in [0.05, 0.1) is 5.69 Å². The largest absolute Gasteiger partial charge is 0.291 e. The molecule has 0 unspecified atom stereocenters. The normalized spacial score (nSPS) is 10.9. The molecule has 1 N–H and O–H groups in total. The number of aromatic amines is 1. The van der Waals surface area contributed by atoms with Gasteiger partial charge >= 0.3 is 0 Å². The Kier molecular flexibility index (Phi) is 2.26. The van der Waals surface area contributed by atoms with E-state index in [1.165, 1.54) is 0 Å². The van der Waals surface area contributed by atoms with Crippen molar-refractivity contribution < 1.29 is 0 Å². The zero-order valence-corrected chi connectivity index (χ0v) is 10.0. The van der Waals surface area contributed by atoms with Crippen LogP contribution in [0.1, 0.15) is 5.69 Å². The molecule has 0 amide bonds. The molecule has 0 aliphatic rings. The standard InChI is InChI=1S/C12H10N4S/c1-8-5-12(17)16-11(14-8)6-10(15-16)9-3-2-4-13-7-9/h2-7,15H,1H3. The van der Waals surface area contributed by atoms with Gasteiger partial charge < -0.3 is 0 Å². The predicted octanol–water partition coefficient (Wildman–Crippen LogP) is 2.76. The summed E-state index contributed by atoms with van der Waals surface area (Å²) in [5.41, 5.74) is 3.73. The van der Waals surface area contributed by atoms with Crippen molar-refractivity contribution in [2.24, 2.45) is 0 Å². The summed E-state index contributed by atoms with van der Waals surface area (Å²) in [5.74, 6) is 0. The van der Waals surface area contributed by atoms with E-state index in [2.05, 4.69) is 15.1 Å². The molecule has 0 saturated carbocycles. The van der Waals surface area contributed by atoms with E-state index in [1.54, 1.807) is 16.9 Å². The fraction of sp³-hybridized carbons (Fsp3) is 0.0833. The number of nitrogens with zero attached hydrogens (tertiary/aromatic N) is 3. The Labute approximate surface area is 103 Å². The first kappa shape index (κ1) is 10.2. The highest BCUT2D eigenvalue weighted by atomic mass is 32.1. The first-order valence-corrected chi connectivity index (χ1v) is 5.65. The minimum atomic E-state index is 0.725. The maximum Gasteiger partial charge on any atom is 0.155 e. The molecule has 0 aliphatic heterocycles. The van der Waals surface area contributed by atoms with Crippen LogP contribution >= 0.6 is 12.2 Å². The molecule has 3 rings (SSSR count). The van der Waals surface area contributed by atoms with Gasteiger partial charge in [0, 0.05) is 29.7 Å². The molecule has 0 aromatic carbocycles. The smallest absolute Gasteiger partial charge is 0.155 e. The second-order valence-corrected chi connectivity index (χ2v) is 4.26. The Morgan fingerprint density at radius 1 is 1.35 bits per heavy atom. The molecule has 0 spiro atoms. The molecule has 0 atom stereocenters. The Bertz CT molecular complexity index is 727. The van der Waals surface area contributed by atoms with Gasteiger partial charge in [-0.1, -0.05) is 12.2 Å². The summed E-state index contributed by atoms with van der Waals surface area (Å²) in [6, 6.07) is 7.73. The lowest BCUT2D eigenvalue weighted by Crippen LogP contribution is -1.93. The van der Waals surface area contributed by atoms with Crippen LogP contribution in [-0.2, 0) is 0 Å². The zero-order valence-electron chi connectivity index (χ0n) is 9.21. The third kappa shape index (κ3) is 1.74. The lowest BCUT2D eigenvalue weighted by molar-refractivity contribution is 0.918. The lowest BCUT2D eigenvalue weighted by atomic mass is 10.2. The van der Waals surface area contributed by atoms with Crippen LogP contribution in [0.3, 0.4) is 0 Å². The Balaban J connectivity index is 2.28. The van der Waals surface area contributed by atoms with E-state index < -0.39 is 0 Å². The summed E-state index contributed by atoms with van der Waals surface area (Å²) in [6.45, 7) is 1.94. The molecule has 0 saturated heterocycles. The van der Waals surface area contributed by atoms with Crippen LogP contribution in [0.4, 0.5) is 0 Å². The molecule has 3 aromatic heterocycles. The maximum atomic E-state index is 5.28. The molecule has 5 heteroatoms. The van der Waals surface area contributed by atoms with Crippen LogP contribution in [0.25, 0.3) is 16.9 Å². The van der Waals surface area contributed by atoms with E-state index in [1.807, 2.05) is 31.2 Å². The SMILES string of the molecule is Cc1cc(=S)n2[nH]c(-c3cccnc3)cc2n1. The fourth-order valence-electron chi connectivity index (χ4n) is 1.78. The van der Waals surface area contributed by atoms with Gasteiger partial charge in [-0.25, -0.2) is 9.50 Å². The number of H-pyrrole nitrogens is 1. The van der Waals surface area contributed by atoms with Gasteiger partial charge in [-0.05, 0) is 25.1 Å². The van der Waals surface area contributed by atoms with Gasteiger partial charge in [0.25, 0.3) is 0 Å². The van der Waals surface area contributed by atoms with E-state index in [9.17, 15) is 0 Å². The number of nitrogens with one attached hydrogen (secondary N) is 1. The van der Waals surface area contributed by atoms with Crippen molar-refractivity contribution in [2.45, 2.75) is 6.92 Å². The van der Waals surface area contributed by atoms with Crippen LogP contribution in [0.2, 0.25) is 0 Å². The molecular weight excluding hydrogens is 232 g/mol. The van der Waals surface area contributed by atoms with Gasteiger partial charge in [0.1, 0.15) is 4.64 Å². The van der Waals surface area contributed by atoms with E-state index in [4.69, 9.17) is 12.2 Å². The number of pyridine rings is 1. The number of aryl methyl sites for hydroxylation is 1. The van der Waals surface area contributed by atoms with Crippen LogP contribution < -0.4 is 0 Å². The summed E-state index contributed by atoms with van der Waals surface area (Å²) in [4.78, 5) is 8.52. The minimum absolute atomic E-state index is 0.725. The van der Waals surface area contributed by atoms with E-state index in [-0.39, 0.29) is 0 Å². The number of hydrogen-bond donors (Lipinski definition) is 1. The molecular formula is C12H10N4S. The van der Waals surface area contributed by atoms with Crippen LogP contribution in [0, 0.1) is 11.6 Å². The average molecular weight is 242 g/mol. The molecule has 0 radical (unpaired) electrons. The van der Waals surface area contributed by atoms with Crippen LogP contribution in [0.15, 0.2) is 36.7 Å². The highest BCUT2D eigenvalue weighted by molar-refractivity contribution is 7.71. The van der Waals surface area contributed by atoms with Gasteiger partial charge in [-0.2, -0.15) is 0 Å². The first-order valence-electron chi connectivity index (χ1n) is 5.24. The molecule has 84 valence electrons. The van der Waals surface area contributed by atoms with Crippen molar-refractivity contribution >= 4 is 17.9 Å². The van der Waals surface area contributed by atoms with Crippen molar-refractivity contribution in [3.63, 3.8) is 0 Å². The molecule has 4 nitrogen and oxygen atoms in total. The summed E-state index contributed by atoms with van der Waals surface area (Å²) < 4.78 is 2.52. The molecule has 17 heavy (non-hydrogen) atoms. The molecule has 0 bridgehead atoms. The quantitative estimate of drug-likeness (QED) is 0.667. The Hall–Kier alpha value is -2.01. The van der Waals surface area contributed by atoms with Gasteiger partial charge in [-0.3, -0.25) is 10.1 Å². The van der Waals surface area contributed by atoms with Crippen LogP contribution in [-0.4, -0.2) is 19.6 Å². The van der Waals surface area contributed by atoms with E-state index in [0.29, 0.717) is 0 Å². The zero-order chi connectivity index (χ0) is 11.8. The minimum Gasteiger partial charge on any atom is -0.291 e. The second kappa shape index (κ2) is 3.78. The molecule has 0 aliphatic carbocycles. The summed E-state index contributed by atoms with van der Waals surface area (Å²) >= 11 is 5.28. The number of rotatable bonds is 1. The van der Waals surface area contributed by atoms with Crippen molar-refractivity contribution in [3.05, 3.63) is 47.0 Å². The average Bonchev–Trinajstić information content (AvgIpc) is 2.74. The van der Waals surface area contributed by atoms with Gasteiger partial charge in [-0.15, -0.1) is 0 Å². The van der Waals surface area contributed by atoms with Crippen LogP contribution in [0.5, 0.6) is 0 Å². The molecule has 0 fully saturated rings. The van der Waals surface area contributed by atoms with Crippen molar-refractivity contribution in [1.82, 2.24) is 19.6 Å². The Morgan fingerprint density at radius 3 is 3.00 bits per heavy atom. The third-order valence-corrected chi connectivity index (χ3v) is 2.85. The van der Waals surface area contributed by atoms with Gasteiger partial charge in [0.15, 0.2) is 5.65 Å². The van der Waals surface area contributed by atoms with Crippen molar-refractivity contribution in [3.8, 4) is 11.3 Å². The Morgan fingerprint density at radius 2 is 2.24 bits per heavy atom. The predicted molar refractivity (Wildman–Crippen MR) is 68.3 cm³/mol. The van der Waals surface area contributed by atoms with Crippen molar-refractivity contribution in [1.29, 1.82) is 0 Å². The summed E-state index contributed by atoms with van der Waals surface area (Å²) in [5, 5.41) is 3.22. The van der Waals surface area contributed by atoms with Gasteiger partial charge in [0.2, 0.25) is 0 Å².